The Balaban J connectivity index is 2.02. The topological polar surface area (TPSA) is 122 Å². The van der Waals surface area contributed by atoms with Crippen molar-refractivity contribution in [1.29, 1.82) is 0 Å². The highest BCUT2D eigenvalue weighted by atomic mass is 16.5. The largest absolute Gasteiger partial charge is 0.497 e. The third-order valence-electron chi connectivity index (χ3n) is 6.63. The van der Waals surface area contributed by atoms with Crippen LogP contribution in [0.25, 0.3) is 0 Å². The number of hydrogen-bond donors (Lipinski definition) is 3. The molecule has 33 heavy (non-hydrogen) atoms. The minimum atomic E-state index is -0.964. The fourth-order valence-corrected chi connectivity index (χ4v) is 4.74. The highest BCUT2D eigenvalue weighted by molar-refractivity contribution is 5.84. The van der Waals surface area contributed by atoms with Gasteiger partial charge in [0.15, 0.2) is 0 Å². The molecular weight excluding hydrogens is 426 g/mol. The molecule has 1 fully saturated rings. The van der Waals surface area contributed by atoms with Crippen molar-refractivity contribution >= 4 is 17.8 Å². The minimum absolute atomic E-state index is 0.156. The number of ether oxygens (including phenoxy) is 2. The third kappa shape index (κ3) is 8.35. The molecule has 0 heterocycles. The Bertz CT molecular complexity index is 771. The zero-order valence-electron chi connectivity index (χ0n) is 19.7. The molecule has 0 aliphatic heterocycles. The van der Waals surface area contributed by atoms with Crippen LogP contribution >= 0.6 is 0 Å². The van der Waals surface area contributed by atoms with Crippen LogP contribution in [0.15, 0.2) is 24.3 Å². The monoisotopic (exact) mass is 463 g/mol. The van der Waals surface area contributed by atoms with Gasteiger partial charge in [0.1, 0.15) is 5.75 Å². The zero-order chi connectivity index (χ0) is 24.3. The Morgan fingerprint density at radius 1 is 1.06 bits per heavy atom. The number of carboxylic acid groups (broad SMARTS) is 2. The van der Waals surface area contributed by atoms with E-state index in [1.807, 2.05) is 24.3 Å². The molecule has 1 saturated carbocycles. The lowest BCUT2D eigenvalue weighted by molar-refractivity contribution is -0.145. The lowest BCUT2D eigenvalue weighted by Crippen LogP contribution is -2.46. The van der Waals surface area contributed by atoms with Gasteiger partial charge < -0.3 is 25.0 Å². The smallest absolute Gasteiger partial charge is 0.306 e. The lowest BCUT2D eigenvalue weighted by Gasteiger charge is -2.32. The Labute approximate surface area is 195 Å². The number of aliphatic carboxylic acids is 2. The summed E-state index contributed by atoms with van der Waals surface area (Å²) in [6.45, 7) is 0.321. The Hall–Kier alpha value is -2.61. The van der Waals surface area contributed by atoms with Gasteiger partial charge >= 0.3 is 11.9 Å². The number of carbonyl (C=O) groups excluding carboxylic acids is 1. The standard InChI is InChI=1S/C25H37NO7/c1-32-15-12-19(23(29)30)17-25(13-3-4-14-25)24(31)26-20(16-22(27)28)7-5-6-18-8-10-21(33-2)11-9-18/h8-11,19-20H,3-7,12-17H2,1-2H3,(H,26,31)(H,27,28)(H,29,30). The maximum atomic E-state index is 13.4. The fourth-order valence-electron chi connectivity index (χ4n) is 4.74. The van der Waals surface area contributed by atoms with E-state index in [0.717, 1.165) is 37.0 Å². The maximum absolute atomic E-state index is 13.4. The molecule has 0 spiro atoms. The van der Waals surface area contributed by atoms with Crippen LogP contribution in [-0.4, -0.2) is 54.9 Å². The first-order valence-electron chi connectivity index (χ1n) is 11.7. The van der Waals surface area contributed by atoms with Gasteiger partial charge in [0, 0.05) is 19.8 Å². The molecule has 3 N–H and O–H groups in total. The Morgan fingerprint density at radius 3 is 2.27 bits per heavy atom. The number of methoxy groups -OCH3 is 2. The highest BCUT2D eigenvalue weighted by Crippen LogP contribution is 2.44. The average molecular weight is 464 g/mol. The first-order chi connectivity index (χ1) is 15.8. The fraction of sp³-hybridized carbons (Fsp3) is 0.640. The number of nitrogens with one attached hydrogen (secondary N) is 1. The minimum Gasteiger partial charge on any atom is -0.497 e. The number of hydrogen-bond acceptors (Lipinski definition) is 5. The van der Waals surface area contributed by atoms with Gasteiger partial charge in [0.05, 0.1) is 24.9 Å². The number of benzene rings is 1. The second-order valence-electron chi connectivity index (χ2n) is 9.02. The molecule has 1 aromatic rings. The number of carbonyl (C=O) groups is 3. The van der Waals surface area contributed by atoms with Crippen LogP contribution in [0.4, 0.5) is 0 Å². The van der Waals surface area contributed by atoms with Crippen molar-refractivity contribution in [3.05, 3.63) is 29.8 Å². The molecule has 0 radical (unpaired) electrons. The van der Waals surface area contributed by atoms with Gasteiger partial charge in [-0.25, -0.2) is 0 Å². The van der Waals surface area contributed by atoms with Gasteiger partial charge in [-0.3, -0.25) is 14.4 Å². The summed E-state index contributed by atoms with van der Waals surface area (Å²) in [5.74, 6) is -1.98. The van der Waals surface area contributed by atoms with E-state index in [0.29, 0.717) is 32.3 Å². The van der Waals surface area contributed by atoms with Gasteiger partial charge in [-0.2, -0.15) is 0 Å². The van der Waals surface area contributed by atoms with Crippen LogP contribution in [0.2, 0.25) is 0 Å². The van der Waals surface area contributed by atoms with E-state index in [1.54, 1.807) is 7.11 Å². The van der Waals surface area contributed by atoms with E-state index in [9.17, 15) is 24.6 Å². The van der Waals surface area contributed by atoms with Crippen molar-refractivity contribution in [3.8, 4) is 5.75 Å². The van der Waals surface area contributed by atoms with E-state index < -0.39 is 29.3 Å². The molecule has 2 rings (SSSR count). The molecule has 184 valence electrons. The van der Waals surface area contributed by atoms with Crippen LogP contribution in [0.1, 0.15) is 63.4 Å². The summed E-state index contributed by atoms with van der Waals surface area (Å²) in [4.78, 5) is 36.5. The van der Waals surface area contributed by atoms with E-state index in [2.05, 4.69) is 5.32 Å². The number of carboxylic acids is 2. The summed E-state index contributed by atoms with van der Waals surface area (Å²) in [5, 5.41) is 22.0. The number of aryl methyl sites for hydroxylation is 1. The second-order valence-corrected chi connectivity index (χ2v) is 9.02. The lowest BCUT2D eigenvalue weighted by atomic mass is 9.75. The third-order valence-corrected chi connectivity index (χ3v) is 6.63. The molecule has 0 bridgehead atoms. The molecular formula is C25H37NO7. The first kappa shape index (κ1) is 26.6. The second kappa shape index (κ2) is 13.2. The van der Waals surface area contributed by atoms with Crippen LogP contribution < -0.4 is 10.1 Å². The molecule has 8 heteroatoms. The van der Waals surface area contributed by atoms with Crippen LogP contribution in [-0.2, 0) is 25.5 Å². The average Bonchev–Trinajstić information content (AvgIpc) is 3.26. The predicted octanol–water partition coefficient (Wildman–Crippen LogP) is 3.67. The quantitative estimate of drug-likeness (QED) is 0.363. The van der Waals surface area contributed by atoms with E-state index in [-0.39, 0.29) is 18.7 Å². The van der Waals surface area contributed by atoms with E-state index in [1.165, 1.54) is 7.11 Å². The summed E-state index contributed by atoms with van der Waals surface area (Å²) in [6, 6.07) is 7.23. The van der Waals surface area contributed by atoms with Gasteiger partial charge in [0.25, 0.3) is 0 Å². The summed E-state index contributed by atoms with van der Waals surface area (Å²) < 4.78 is 10.2. The van der Waals surface area contributed by atoms with Crippen molar-refractivity contribution in [1.82, 2.24) is 5.32 Å². The van der Waals surface area contributed by atoms with Gasteiger partial charge in [0.2, 0.25) is 5.91 Å². The van der Waals surface area contributed by atoms with Gasteiger partial charge in [-0.15, -0.1) is 0 Å². The molecule has 2 unspecified atom stereocenters. The van der Waals surface area contributed by atoms with E-state index in [4.69, 9.17) is 9.47 Å². The number of amides is 1. The summed E-state index contributed by atoms with van der Waals surface area (Å²) in [7, 11) is 3.14. The molecule has 1 amide bonds. The molecule has 2 atom stereocenters. The summed E-state index contributed by atoms with van der Waals surface area (Å²) in [6.07, 6.45) is 5.45. The van der Waals surface area contributed by atoms with Crippen LogP contribution in [0.3, 0.4) is 0 Å². The van der Waals surface area contributed by atoms with Crippen molar-refractivity contribution < 1.29 is 34.1 Å². The zero-order valence-corrected chi connectivity index (χ0v) is 19.7. The Kier molecular flexibility index (Phi) is 10.6. The molecule has 0 saturated heterocycles. The van der Waals surface area contributed by atoms with Crippen LogP contribution in [0.5, 0.6) is 5.75 Å². The molecule has 1 aliphatic carbocycles. The van der Waals surface area contributed by atoms with Crippen LogP contribution in [0, 0.1) is 11.3 Å². The Morgan fingerprint density at radius 2 is 1.73 bits per heavy atom. The summed E-state index contributed by atoms with van der Waals surface area (Å²) in [5.41, 5.74) is 0.356. The molecule has 1 aromatic carbocycles. The molecule has 0 aromatic heterocycles. The SMILES string of the molecule is COCCC(CC1(C(=O)NC(CCCc2ccc(OC)cc2)CC(=O)O)CCCC1)C(=O)O. The predicted molar refractivity (Wildman–Crippen MR) is 123 cm³/mol. The van der Waals surface area contributed by atoms with E-state index >= 15 is 0 Å². The summed E-state index contributed by atoms with van der Waals surface area (Å²) >= 11 is 0. The first-order valence-corrected chi connectivity index (χ1v) is 11.7. The van der Waals surface area contributed by atoms with Crippen molar-refractivity contribution in [2.24, 2.45) is 11.3 Å². The van der Waals surface area contributed by atoms with Crippen molar-refractivity contribution in [3.63, 3.8) is 0 Å². The molecule has 1 aliphatic rings. The van der Waals surface area contributed by atoms with Crippen molar-refractivity contribution in [2.75, 3.05) is 20.8 Å². The van der Waals surface area contributed by atoms with Gasteiger partial charge in [-0.1, -0.05) is 25.0 Å². The maximum Gasteiger partial charge on any atom is 0.306 e. The molecule has 8 nitrogen and oxygen atoms in total. The normalized spacial score (nSPS) is 16.7. The van der Waals surface area contributed by atoms with Gasteiger partial charge in [-0.05, 0) is 62.6 Å². The van der Waals surface area contributed by atoms with Crippen molar-refractivity contribution in [2.45, 2.75) is 70.3 Å². The highest BCUT2D eigenvalue weighted by Gasteiger charge is 2.44. The number of rotatable bonds is 15.